The number of alkyl halides is 3. The Kier molecular flexibility index (Phi) is 7.44. The largest absolute Gasteiger partial charge is 0.416 e. The standard InChI is InChI=1S/C22H21F3N4O3S/c1-27(2)11-5-10-20(30)28(17-8-4-7-16(13-17)22(23,24)25)21-26-19(14-33-21)15-6-3-9-18(12-15)29(31)32/h3-4,6-9,12-14H,5,10-11H2,1-2H3. The average Bonchev–Trinajstić information content (AvgIpc) is 3.23. The molecule has 0 atom stereocenters. The molecule has 0 saturated heterocycles. The minimum Gasteiger partial charge on any atom is -0.309 e. The van der Waals surface area contributed by atoms with E-state index in [-0.39, 0.29) is 22.9 Å². The van der Waals surface area contributed by atoms with Gasteiger partial charge in [0.15, 0.2) is 5.13 Å². The highest BCUT2D eigenvalue weighted by Crippen LogP contribution is 2.37. The molecule has 3 aromatic rings. The van der Waals surface area contributed by atoms with E-state index in [0.29, 0.717) is 24.2 Å². The van der Waals surface area contributed by atoms with Crippen molar-refractivity contribution in [2.45, 2.75) is 19.0 Å². The number of carbonyl (C=O) groups is 1. The van der Waals surface area contributed by atoms with Crippen LogP contribution in [0.3, 0.4) is 0 Å². The molecule has 0 spiro atoms. The molecule has 0 aliphatic carbocycles. The predicted octanol–water partition coefficient (Wildman–Crippen LogP) is 5.74. The molecule has 0 unspecified atom stereocenters. The fraction of sp³-hybridized carbons (Fsp3) is 0.273. The Labute approximate surface area is 192 Å². The maximum Gasteiger partial charge on any atom is 0.416 e. The number of hydrogen-bond acceptors (Lipinski definition) is 6. The smallest absolute Gasteiger partial charge is 0.309 e. The summed E-state index contributed by atoms with van der Waals surface area (Å²) < 4.78 is 39.8. The van der Waals surface area contributed by atoms with Gasteiger partial charge in [0, 0.05) is 29.5 Å². The Bertz CT molecular complexity index is 1150. The van der Waals surface area contributed by atoms with E-state index in [9.17, 15) is 28.1 Å². The number of rotatable bonds is 8. The maximum absolute atomic E-state index is 13.3. The number of aromatic nitrogens is 1. The molecule has 0 aliphatic rings. The quantitative estimate of drug-likeness (QED) is 0.305. The predicted molar refractivity (Wildman–Crippen MR) is 121 cm³/mol. The summed E-state index contributed by atoms with van der Waals surface area (Å²) in [6, 6.07) is 10.4. The van der Waals surface area contributed by atoms with Gasteiger partial charge < -0.3 is 4.90 Å². The summed E-state index contributed by atoms with van der Waals surface area (Å²) in [6.45, 7) is 0.638. The molecule has 174 valence electrons. The molecule has 0 radical (unpaired) electrons. The lowest BCUT2D eigenvalue weighted by Gasteiger charge is -2.21. The Balaban J connectivity index is 1.99. The Morgan fingerprint density at radius 1 is 1.15 bits per heavy atom. The zero-order valence-electron chi connectivity index (χ0n) is 17.9. The summed E-state index contributed by atoms with van der Waals surface area (Å²) in [5.74, 6) is -0.392. The molecule has 3 rings (SSSR count). The van der Waals surface area contributed by atoms with Crippen LogP contribution in [0.15, 0.2) is 53.9 Å². The van der Waals surface area contributed by atoms with E-state index >= 15 is 0 Å². The molecule has 11 heteroatoms. The first-order valence-electron chi connectivity index (χ1n) is 9.91. The van der Waals surface area contributed by atoms with Crippen LogP contribution >= 0.6 is 11.3 Å². The van der Waals surface area contributed by atoms with Crippen molar-refractivity contribution in [3.8, 4) is 11.3 Å². The number of nitrogens with zero attached hydrogens (tertiary/aromatic N) is 4. The number of thiazole rings is 1. The molecule has 7 nitrogen and oxygen atoms in total. The molecular weight excluding hydrogens is 457 g/mol. The van der Waals surface area contributed by atoms with Crippen molar-refractivity contribution in [2.75, 3.05) is 25.5 Å². The van der Waals surface area contributed by atoms with Crippen LogP contribution in [-0.4, -0.2) is 41.4 Å². The molecule has 0 bridgehead atoms. The lowest BCUT2D eigenvalue weighted by atomic mass is 10.1. The first kappa shape index (κ1) is 24.3. The van der Waals surface area contributed by atoms with E-state index in [0.717, 1.165) is 23.5 Å². The summed E-state index contributed by atoms with van der Waals surface area (Å²) >= 11 is 1.08. The second-order valence-electron chi connectivity index (χ2n) is 7.51. The second kappa shape index (κ2) is 10.1. The van der Waals surface area contributed by atoms with Crippen molar-refractivity contribution in [1.29, 1.82) is 0 Å². The highest BCUT2D eigenvalue weighted by Gasteiger charge is 2.32. The van der Waals surface area contributed by atoms with Crippen molar-refractivity contribution in [2.24, 2.45) is 0 Å². The van der Waals surface area contributed by atoms with Crippen molar-refractivity contribution in [3.05, 3.63) is 69.6 Å². The molecule has 0 N–H and O–H groups in total. The lowest BCUT2D eigenvalue weighted by Crippen LogP contribution is -2.27. The number of anilines is 2. The summed E-state index contributed by atoms with van der Waals surface area (Å²) in [7, 11) is 3.72. The van der Waals surface area contributed by atoms with Crippen LogP contribution in [-0.2, 0) is 11.0 Å². The van der Waals surface area contributed by atoms with Crippen molar-refractivity contribution >= 4 is 33.8 Å². The van der Waals surface area contributed by atoms with Crippen molar-refractivity contribution in [3.63, 3.8) is 0 Å². The van der Waals surface area contributed by atoms with E-state index in [2.05, 4.69) is 4.98 Å². The third-order valence-corrected chi connectivity index (χ3v) is 5.54. The van der Waals surface area contributed by atoms with Gasteiger partial charge in [-0.3, -0.25) is 19.8 Å². The van der Waals surface area contributed by atoms with Gasteiger partial charge in [-0.25, -0.2) is 4.98 Å². The Morgan fingerprint density at radius 3 is 2.55 bits per heavy atom. The molecule has 0 aliphatic heterocycles. The maximum atomic E-state index is 13.3. The third-order valence-electron chi connectivity index (χ3n) is 4.71. The summed E-state index contributed by atoms with van der Waals surface area (Å²) in [5.41, 5.74) is -0.0785. The SMILES string of the molecule is CN(C)CCCC(=O)N(c1cccc(C(F)(F)F)c1)c1nc(-c2cccc([N+](=O)[O-])c2)cs1. The average molecular weight is 478 g/mol. The van der Waals surface area contributed by atoms with E-state index < -0.39 is 22.6 Å². The molecule has 1 heterocycles. The van der Waals surface area contributed by atoms with Crippen molar-refractivity contribution < 1.29 is 22.9 Å². The van der Waals surface area contributed by atoms with Gasteiger partial charge in [0.05, 0.1) is 21.9 Å². The first-order valence-corrected chi connectivity index (χ1v) is 10.8. The number of nitro benzene ring substituents is 1. The number of carbonyl (C=O) groups excluding carboxylic acids is 1. The van der Waals surface area contributed by atoms with Crippen molar-refractivity contribution in [1.82, 2.24) is 9.88 Å². The van der Waals surface area contributed by atoms with Gasteiger partial charge in [-0.2, -0.15) is 13.2 Å². The fourth-order valence-corrected chi connectivity index (χ4v) is 3.99. The van der Waals surface area contributed by atoms with Gasteiger partial charge in [0.25, 0.3) is 5.69 Å². The van der Waals surface area contributed by atoms with E-state index in [4.69, 9.17) is 0 Å². The van der Waals surface area contributed by atoms with Gasteiger partial charge in [-0.15, -0.1) is 11.3 Å². The van der Waals surface area contributed by atoms with Crippen LogP contribution in [0.4, 0.5) is 29.7 Å². The van der Waals surface area contributed by atoms with Gasteiger partial charge in [-0.1, -0.05) is 18.2 Å². The zero-order valence-corrected chi connectivity index (χ0v) is 18.7. The molecule has 1 amide bonds. The van der Waals surface area contributed by atoms with Crippen LogP contribution in [0.5, 0.6) is 0 Å². The highest BCUT2D eigenvalue weighted by atomic mass is 32.1. The first-order chi connectivity index (χ1) is 15.6. The molecular formula is C22H21F3N4O3S. The van der Waals surface area contributed by atoms with Crippen LogP contribution in [0, 0.1) is 10.1 Å². The minimum absolute atomic E-state index is 0.0552. The van der Waals surface area contributed by atoms with Crippen LogP contribution in [0.2, 0.25) is 0 Å². The number of nitro groups is 1. The topological polar surface area (TPSA) is 79.6 Å². The van der Waals surface area contributed by atoms with Crippen LogP contribution in [0.25, 0.3) is 11.3 Å². The third kappa shape index (κ3) is 6.14. The van der Waals surface area contributed by atoms with Crippen LogP contribution in [0.1, 0.15) is 18.4 Å². The van der Waals surface area contributed by atoms with E-state index in [1.54, 1.807) is 11.4 Å². The summed E-state index contributed by atoms with van der Waals surface area (Å²) in [5, 5.41) is 12.9. The molecule has 0 saturated carbocycles. The Hall–Kier alpha value is -3.31. The lowest BCUT2D eigenvalue weighted by molar-refractivity contribution is -0.384. The Morgan fingerprint density at radius 2 is 1.88 bits per heavy atom. The molecule has 0 fully saturated rings. The number of benzene rings is 2. The second-order valence-corrected chi connectivity index (χ2v) is 8.34. The summed E-state index contributed by atoms with van der Waals surface area (Å²) in [4.78, 5) is 31.1. The normalized spacial score (nSPS) is 11.6. The van der Waals surface area contributed by atoms with Gasteiger partial charge in [0.1, 0.15) is 0 Å². The number of hydrogen-bond donors (Lipinski definition) is 0. The van der Waals surface area contributed by atoms with E-state index in [1.807, 2.05) is 19.0 Å². The molecule has 2 aromatic carbocycles. The van der Waals surface area contributed by atoms with Gasteiger partial charge in [0.2, 0.25) is 5.91 Å². The van der Waals surface area contributed by atoms with Crippen LogP contribution < -0.4 is 4.90 Å². The molecule has 1 aromatic heterocycles. The fourth-order valence-electron chi connectivity index (χ4n) is 3.12. The highest BCUT2D eigenvalue weighted by molar-refractivity contribution is 7.14. The monoisotopic (exact) mass is 478 g/mol. The van der Waals surface area contributed by atoms with Gasteiger partial charge >= 0.3 is 6.18 Å². The summed E-state index contributed by atoms with van der Waals surface area (Å²) in [6.07, 6.45) is -3.93. The number of amides is 1. The van der Waals surface area contributed by atoms with Gasteiger partial charge in [-0.05, 0) is 45.3 Å². The minimum atomic E-state index is -4.56. The number of halogens is 3. The molecule has 33 heavy (non-hydrogen) atoms. The number of non-ortho nitro benzene ring substituents is 1. The zero-order chi connectivity index (χ0) is 24.2. The van der Waals surface area contributed by atoms with E-state index in [1.165, 1.54) is 35.2 Å².